The number of fused-ring (bicyclic) bond motifs is 1. The van der Waals surface area contributed by atoms with E-state index in [-0.39, 0.29) is 37.8 Å². The molecule has 1 unspecified atom stereocenters. The van der Waals surface area contributed by atoms with E-state index < -0.39 is 29.5 Å². The SMILES string of the molecule is CCOC(=O)c1sc(N2C(=O)C(=O)C(=C(O)c3ccc4c(c3)OCCO4)C2c2ccc(Cl)c(Cl)c2)nc1C. The van der Waals surface area contributed by atoms with Gasteiger partial charge in [-0.3, -0.25) is 14.5 Å². The first-order valence-electron chi connectivity index (χ1n) is 11.5. The van der Waals surface area contributed by atoms with Crippen molar-refractivity contribution in [2.45, 2.75) is 19.9 Å². The van der Waals surface area contributed by atoms with E-state index in [0.29, 0.717) is 36.0 Å². The molecule has 38 heavy (non-hydrogen) atoms. The zero-order chi connectivity index (χ0) is 27.1. The standard InChI is InChI=1S/C26H20Cl2N2O7S/c1-3-35-25(34)23-12(2)29-26(38-23)30-20(13-4-6-15(27)16(28)10-13)19(22(32)24(30)33)21(31)14-5-7-17-18(11-14)37-9-8-36-17/h4-7,10-11,20,31H,3,8-9H2,1-2H3. The summed E-state index contributed by atoms with van der Waals surface area (Å²) in [5.41, 5.74) is 0.809. The van der Waals surface area contributed by atoms with Crippen LogP contribution >= 0.6 is 34.5 Å². The summed E-state index contributed by atoms with van der Waals surface area (Å²) < 4.78 is 16.2. The molecule has 2 aromatic carbocycles. The van der Waals surface area contributed by atoms with Crippen LogP contribution in [0.2, 0.25) is 10.0 Å². The van der Waals surface area contributed by atoms with Crippen LogP contribution in [0.3, 0.4) is 0 Å². The number of aliphatic hydroxyl groups excluding tert-OH is 1. The number of rotatable bonds is 5. The van der Waals surface area contributed by atoms with Gasteiger partial charge in [-0.25, -0.2) is 9.78 Å². The van der Waals surface area contributed by atoms with E-state index in [1.165, 1.54) is 18.2 Å². The van der Waals surface area contributed by atoms with Crippen molar-refractivity contribution in [2.75, 3.05) is 24.7 Å². The zero-order valence-electron chi connectivity index (χ0n) is 20.1. The first-order valence-corrected chi connectivity index (χ1v) is 13.1. The number of carbonyl (C=O) groups excluding carboxylic acids is 3. The number of carbonyl (C=O) groups is 3. The summed E-state index contributed by atoms with van der Waals surface area (Å²) in [4.78, 5) is 45.0. The molecular formula is C26H20Cl2N2O7S. The number of aromatic nitrogens is 1. The molecule has 0 spiro atoms. The first kappa shape index (κ1) is 26.0. The van der Waals surface area contributed by atoms with Crippen molar-refractivity contribution in [1.29, 1.82) is 0 Å². The fourth-order valence-corrected chi connectivity index (χ4v) is 5.54. The molecule has 2 aliphatic rings. The van der Waals surface area contributed by atoms with Crippen molar-refractivity contribution < 1.29 is 33.7 Å². The third kappa shape index (κ3) is 4.48. The van der Waals surface area contributed by atoms with Crippen LogP contribution in [0.1, 0.15) is 39.5 Å². The van der Waals surface area contributed by atoms with Crippen molar-refractivity contribution >= 4 is 63.1 Å². The lowest BCUT2D eigenvalue weighted by Gasteiger charge is -2.23. The highest BCUT2D eigenvalue weighted by molar-refractivity contribution is 7.17. The lowest BCUT2D eigenvalue weighted by atomic mass is 9.95. The van der Waals surface area contributed by atoms with Gasteiger partial charge in [0, 0.05) is 5.56 Å². The third-order valence-corrected chi connectivity index (χ3v) is 7.85. The summed E-state index contributed by atoms with van der Waals surface area (Å²) in [6, 6.07) is 8.24. The van der Waals surface area contributed by atoms with Gasteiger partial charge in [0.05, 0.1) is 34.0 Å². The smallest absolute Gasteiger partial charge is 0.350 e. The Labute approximate surface area is 231 Å². The third-order valence-electron chi connectivity index (χ3n) is 5.97. The molecule has 1 N–H and O–H groups in total. The number of anilines is 1. The molecule has 5 rings (SSSR count). The molecule has 0 saturated carbocycles. The molecule has 12 heteroatoms. The maximum Gasteiger partial charge on any atom is 0.350 e. The highest BCUT2D eigenvalue weighted by Gasteiger charge is 2.48. The topological polar surface area (TPSA) is 115 Å². The molecular weight excluding hydrogens is 555 g/mol. The number of aryl methyl sites for hydroxylation is 1. The molecule has 0 aliphatic carbocycles. The number of Topliss-reactive ketones (excluding diaryl/α,β-unsaturated/α-hetero) is 1. The van der Waals surface area contributed by atoms with Crippen LogP contribution in [0.25, 0.3) is 5.76 Å². The van der Waals surface area contributed by atoms with Gasteiger partial charge in [0.15, 0.2) is 16.6 Å². The van der Waals surface area contributed by atoms with Crippen LogP contribution in [0.4, 0.5) is 5.13 Å². The van der Waals surface area contributed by atoms with Gasteiger partial charge in [0.1, 0.15) is 23.9 Å². The van der Waals surface area contributed by atoms with Gasteiger partial charge in [-0.05, 0) is 49.7 Å². The van der Waals surface area contributed by atoms with Crippen LogP contribution in [0, 0.1) is 6.92 Å². The van der Waals surface area contributed by atoms with Gasteiger partial charge in [0.25, 0.3) is 5.78 Å². The Morgan fingerprint density at radius 3 is 2.58 bits per heavy atom. The molecule has 3 aromatic rings. The summed E-state index contributed by atoms with van der Waals surface area (Å²) in [6.45, 7) is 4.16. The van der Waals surface area contributed by atoms with Crippen LogP contribution in [-0.4, -0.2) is 47.6 Å². The number of hydrogen-bond donors (Lipinski definition) is 1. The molecule has 2 aliphatic heterocycles. The van der Waals surface area contributed by atoms with E-state index in [2.05, 4.69) is 4.98 Å². The Morgan fingerprint density at radius 1 is 1.13 bits per heavy atom. The summed E-state index contributed by atoms with van der Waals surface area (Å²) in [6.07, 6.45) is 0. The molecule has 1 fully saturated rings. The average Bonchev–Trinajstić information content (AvgIpc) is 3.41. The van der Waals surface area contributed by atoms with Crippen LogP contribution in [0.15, 0.2) is 42.0 Å². The summed E-state index contributed by atoms with van der Waals surface area (Å²) in [5.74, 6) is -1.97. The highest BCUT2D eigenvalue weighted by Crippen LogP contribution is 2.45. The molecule has 1 aromatic heterocycles. The predicted octanol–water partition coefficient (Wildman–Crippen LogP) is 5.33. The van der Waals surface area contributed by atoms with Crippen molar-refractivity contribution in [3.63, 3.8) is 0 Å². The quantitative estimate of drug-likeness (QED) is 0.188. The second kappa shape index (κ2) is 10.3. The molecule has 196 valence electrons. The number of halogens is 2. The fraction of sp³-hybridized carbons (Fsp3) is 0.231. The number of ether oxygens (including phenoxy) is 3. The minimum atomic E-state index is -1.11. The Kier molecular flexibility index (Phi) is 7.04. The molecule has 1 saturated heterocycles. The van der Waals surface area contributed by atoms with Crippen LogP contribution < -0.4 is 14.4 Å². The van der Waals surface area contributed by atoms with Crippen molar-refractivity contribution in [3.05, 3.63) is 73.7 Å². The largest absolute Gasteiger partial charge is 0.507 e. The Morgan fingerprint density at radius 2 is 1.87 bits per heavy atom. The van der Waals surface area contributed by atoms with E-state index in [1.54, 1.807) is 32.0 Å². The van der Waals surface area contributed by atoms with Gasteiger partial charge < -0.3 is 19.3 Å². The van der Waals surface area contributed by atoms with Crippen molar-refractivity contribution in [1.82, 2.24) is 4.98 Å². The Bertz CT molecular complexity index is 1520. The van der Waals surface area contributed by atoms with Crippen LogP contribution in [-0.2, 0) is 14.3 Å². The van der Waals surface area contributed by atoms with Gasteiger partial charge >= 0.3 is 11.9 Å². The van der Waals surface area contributed by atoms with Gasteiger partial charge in [-0.1, -0.05) is 40.6 Å². The predicted molar refractivity (Wildman–Crippen MR) is 141 cm³/mol. The maximum absolute atomic E-state index is 13.4. The number of thiazole rings is 1. The number of benzene rings is 2. The lowest BCUT2D eigenvalue weighted by molar-refractivity contribution is -0.132. The van der Waals surface area contributed by atoms with E-state index in [0.717, 1.165) is 16.2 Å². The Hall–Kier alpha value is -3.60. The summed E-state index contributed by atoms with van der Waals surface area (Å²) in [5, 5.41) is 11.9. The first-order chi connectivity index (χ1) is 18.2. The second-order valence-corrected chi connectivity index (χ2v) is 10.1. The van der Waals surface area contributed by atoms with Crippen molar-refractivity contribution in [2.24, 2.45) is 0 Å². The van der Waals surface area contributed by atoms with Gasteiger partial charge in [-0.2, -0.15) is 0 Å². The molecule has 1 atom stereocenters. The molecule has 0 radical (unpaired) electrons. The monoisotopic (exact) mass is 574 g/mol. The molecule has 1 amide bonds. The number of aliphatic hydroxyl groups is 1. The van der Waals surface area contributed by atoms with Gasteiger partial charge in [-0.15, -0.1) is 0 Å². The van der Waals surface area contributed by atoms with E-state index >= 15 is 0 Å². The number of hydrogen-bond acceptors (Lipinski definition) is 9. The van der Waals surface area contributed by atoms with E-state index in [4.69, 9.17) is 37.4 Å². The van der Waals surface area contributed by atoms with E-state index in [9.17, 15) is 19.5 Å². The van der Waals surface area contributed by atoms with Crippen LogP contribution in [0.5, 0.6) is 11.5 Å². The normalized spacial score (nSPS) is 18.1. The number of ketones is 1. The fourth-order valence-electron chi connectivity index (χ4n) is 4.25. The Balaban J connectivity index is 1.68. The number of esters is 1. The second-order valence-electron chi connectivity index (χ2n) is 8.33. The molecule has 0 bridgehead atoms. The van der Waals surface area contributed by atoms with E-state index in [1.807, 2.05) is 0 Å². The van der Waals surface area contributed by atoms with Gasteiger partial charge in [0.2, 0.25) is 0 Å². The minimum Gasteiger partial charge on any atom is -0.507 e. The summed E-state index contributed by atoms with van der Waals surface area (Å²) in [7, 11) is 0. The maximum atomic E-state index is 13.4. The number of amides is 1. The average molecular weight is 575 g/mol. The molecule has 9 nitrogen and oxygen atoms in total. The lowest BCUT2D eigenvalue weighted by Crippen LogP contribution is -2.29. The minimum absolute atomic E-state index is 0.0879. The number of nitrogens with zero attached hydrogens (tertiary/aromatic N) is 2. The van der Waals surface area contributed by atoms with Crippen molar-refractivity contribution in [3.8, 4) is 11.5 Å². The highest BCUT2D eigenvalue weighted by atomic mass is 35.5. The zero-order valence-corrected chi connectivity index (χ0v) is 22.4. The molecule has 3 heterocycles. The summed E-state index contributed by atoms with van der Waals surface area (Å²) >= 11 is 13.3.